The summed E-state index contributed by atoms with van der Waals surface area (Å²) in [5, 5.41) is 5.67. The highest BCUT2D eigenvalue weighted by Crippen LogP contribution is 2.37. The second-order valence-electron chi connectivity index (χ2n) is 10.1. The van der Waals surface area contributed by atoms with Crippen LogP contribution in [0.5, 0.6) is 0 Å². The molecule has 0 bridgehead atoms. The maximum atomic E-state index is 13.9. The zero-order chi connectivity index (χ0) is 28.2. The van der Waals surface area contributed by atoms with Crippen molar-refractivity contribution in [3.63, 3.8) is 0 Å². The predicted molar refractivity (Wildman–Crippen MR) is 143 cm³/mol. The number of likely N-dealkylation sites (tertiary alicyclic amines) is 1. The lowest BCUT2D eigenvalue weighted by Crippen LogP contribution is -2.54. The molecule has 39 heavy (non-hydrogen) atoms. The van der Waals surface area contributed by atoms with Gasteiger partial charge >= 0.3 is 12.2 Å². The molecule has 0 radical (unpaired) electrons. The van der Waals surface area contributed by atoms with Crippen molar-refractivity contribution in [2.45, 2.75) is 57.3 Å². The first-order chi connectivity index (χ1) is 18.6. The van der Waals surface area contributed by atoms with Crippen LogP contribution in [0.1, 0.15) is 54.9 Å². The summed E-state index contributed by atoms with van der Waals surface area (Å²) in [6, 6.07) is 9.78. The molecule has 1 aliphatic carbocycles. The highest BCUT2D eigenvalue weighted by atomic mass is 35.5. The highest BCUT2D eigenvalue weighted by Gasteiger charge is 2.38. The maximum Gasteiger partial charge on any atom is 0.416 e. The number of halogens is 4. The van der Waals surface area contributed by atoms with Crippen molar-refractivity contribution in [3.05, 3.63) is 64.7 Å². The molecule has 11 heteroatoms. The predicted octanol–water partition coefficient (Wildman–Crippen LogP) is 5.48. The van der Waals surface area contributed by atoms with Crippen LogP contribution in [0.2, 0.25) is 5.02 Å². The quantitative estimate of drug-likeness (QED) is 0.445. The molecule has 1 unspecified atom stereocenters. The van der Waals surface area contributed by atoms with Gasteiger partial charge in [-0.05, 0) is 68.4 Å². The molecule has 1 aliphatic heterocycles. The minimum absolute atomic E-state index is 0.0144. The third-order valence-corrected chi connectivity index (χ3v) is 7.37. The maximum absolute atomic E-state index is 13.9. The normalized spacial score (nSPS) is 18.3. The van der Waals surface area contributed by atoms with Crippen LogP contribution < -0.4 is 15.5 Å². The number of piperidine rings is 1. The van der Waals surface area contributed by atoms with Crippen LogP contribution >= 0.6 is 11.6 Å². The molecule has 2 aromatic rings. The molecule has 2 aliphatic rings. The molecule has 210 valence electrons. The molecular weight excluding hydrogens is 533 g/mol. The number of urea groups is 1. The Morgan fingerprint density at radius 2 is 1.82 bits per heavy atom. The Hall–Kier alpha value is -3.27. The summed E-state index contributed by atoms with van der Waals surface area (Å²) in [7, 11) is 0. The SMILES string of the molecule is CCC(C(=O)N1CCC[C@@H](CNC(=O)NC2CC2)C1)N(C(=O)c1ccccc1)c1cc(C(F)(F)F)ccc1Cl. The zero-order valence-corrected chi connectivity index (χ0v) is 22.4. The monoisotopic (exact) mass is 564 g/mol. The zero-order valence-electron chi connectivity index (χ0n) is 21.6. The first-order valence-electron chi connectivity index (χ1n) is 13.2. The van der Waals surface area contributed by atoms with Gasteiger partial charge in [-0.2, -0.15) is 13.2 Å². The standard InChI is InChI=1S/C28H32ClF3N4O3/c1-2-23(26(38)35-14-6-7-18(17-35)16-33-27(39)34-21-11-12-21)36(25(37)19-8-4-3-5-9-19)24-15-20(28(30,31)32)10-13-22(24)29/h3-5,8-10,13,15,18,21,23H,2,6-7,11-12,14,16-17H2,1H3,(H2,33,34,39)/t18-,23?/m0/s1. The van der Waals surface area contributed by atoms with Crippen molar-refractivity contribution in [1.29, 1.82) is 0 Å². The summed E-state index contributed by atoms with van der Waals surface area (Å²) in [6.07, 6.45) is -1.03. The van der Waals surface area contributed by atoms with Crippen LogP contribution in [0.25, 0.3) is 0 Å². The Bertz CT molecular complexity index is 1190. The molecule has 2 atom stereocenters. The van der Waals surface area contributed by atoms with Gasteiger partial charge in [0.2, 0.25) is 5.91 Å². The minimum atomic E-state index is -4.66. The summed E-state index contributed by atoms with van der Waals surface area (Å²) in [5.41, 5.74) is -0.921. The van der Waals surface area contributed by atoms with Gasteiger partial charge in [-0.25, -0.2) is 4.79 Å². The number of benzene rings is 2. The lowest BCUT2D eigenvalue weighted by molar-refractivity contribution is -0.137. The Balaban J connectivity index is 1.60. The van der Waals surface area contributed by atoms with Crippen molar-refractivity contribution in [1.82, 2.24) is 15.5 Å². The van der Waals surface area contributed by atoms with Crippen molar-refractivity contribution >= 4 is 35.1 Å². The van der Waals surface area contributed by atoms with E-state index in [2.05, 4.69) is 10.6 Å². The van der Waals surface area contributed by atoms with E-state index in [1.54, 1.807) is 42.2 Å². The van der Waals surface area contributed by atoms with E-state index in [1.165, 1.54) is 0 Å². The average Bonchev–Trinajstić information content (AvgIpc) is 3.74. The van der Waals surface area contributed by atoms with E-state index in [0.29, 0.717) is 26.1 Å². The second-order valence-corrected chi connectivity index (χ2v) is 10.5. The third kappa shape index (κ3) is 7.23. The molecule has 7 nitrogen and oxygen atoms in total. The molecule has 2 N–H and O–H groups in total. The van der Waals surface area contributed by atoms with Gasteiger partial charge in [0.25, 0.3) is 5.91 Å². The number of carbonyl (C=O) groups excluding carboxylic acids is 3. The fourth-order valence-corrected chi connectivity index (χ4v) is 5.03. The van der Waals surface area contributed by atoms with E-state index in [1.807, 2.05) is 0 Å². The van der Waals surface area contributed by atoms with Gasteiger partial charge in [-0.15, -0.1) is 0 Å². The molecule has 0 spiro atoms. The van der Waals surface area contributed by atoms with Crippen LogP contribution in [-0.4, -0.2) is 54.5 Å². The molecule has 1 saturated carbocycles. The number of rotatable bonds is 8. The number of amides is 4. The Morgan fingerprint density at radius 3 is 2.46 bits per heavy atom. The number of nitrogens with one attached hydrogen (secondary N) is 2. The van der Waals surface area contributed by atoms with Gasteiger partial charge in [0.15, 0.2) is 0 Å². The fourth-order valence-electron chi connectivity index (χ4n) is 4.82. The van der Waals surface area contributed by atoms with Crippen LogP contribution in [0.4, 0.5) is 23.7 Å². The first-order valence-corrected chi connectivity index (χ1v) is 13.5. The van der Waals surface area contributed by atoms with Gasteiger partial charge in [-0.1, -0.05) is 36.7 Å². The van der Waals surface area contributed by atoms with E-state index in [9.17, 15) is 27.6 Å². The summed E-state index contributed by atoms with van der Waals surface area (Å²) in [5.74, 6) is -0.980. The fraction of sp³-hybridized carbons (Fsp3) is 0.464. The lowest BCUT2D eigenvalue weighted by Gasteiger charge is -2.38. The van der Waals surface area contributed by atoms with Crippen molar-refractivity contribution in [2.75, 3.05) is 24.5 Å². The van der Waals surface area contributed by atoms with E-state index >= 15 is 0 Å². The Kier molecular flexibility index (Phi) is 9.04. The number of alkyl halides is 3. The van der Waals surface area contributed by atoms with E-state index in [4.69, 9.17) is 11.6 Å². The van der Waals surface area contributed by atoms with Gasteiger partial charge in [0.1, 0.15) is 6.04 Å². The molecular formula is C28H32ClF3N4O3. The molecule has 1 heterocycles. The summed E-state index contributed by atoms with van der Waals surface area (Å²) in [6.45, 7) is 2.92. The average molecular weight is 565 g/mol. The summed E-state index contributed by atoms with van der Waals surface area (Å²) in [4.78, 5) is 42.4. The number of hydrogen-bond acceptors (Lipinski definition) is 3. The van der Waals surface area contributed by atoms with E-state index in [0.717, 1.165) is 42.4 Å². The lowest BCUT2D eigenvalue weighted by atomic mass is 9.96. The molecule has 4 amide bonds. The van der Waals surface area contributed by atoms with Crippen LogP contribution in [-0.2, 0) is 11.0 Å². The largest absolute Gasteiger partial charge is 0.416 e. The van der Waals surface area contributed by atoms with Crippen molar-refractivity contribution < 1.29 is 27.6 Å². The van der Waals surface area contributed by atoms with Crippen molar-refractivity contribution in [3.8, 4) is 0 Å². The summed E-state index contributed by atoms with van der Waals surface area (Å²) < 4.78 is 40.8. The van der Waals surface area contributed by atoms with Gasteiger partial charge < -0.3 is 15.5 Å². The number of nitrogens with zero attached hydrogens (tertiary/aromatic N) is 2. The molecule has 2 aromatic carbocycles. The van der Waals surface area contributed by atoms with Crippen LogP contribution in [0.3, 0.4) is 0 Å². The van der Waals surface area contributed by atoms with Crippen LogP contribution in [0.15, 0.2) is 48.5 Å². The second kappa shape index (κ2) is 12.3. The highest BCUT2D eigenvalue weighted by molar-refractivity contribution is 6.34. The Morgan fingerprint density at radius 1 is 1.10 bits per heavy atom. The summed E-state index contributed by atoms with van der Waals surface area (Å²) >= 11 is 6.37. The number of hydrogen-bond donors (Lipinski definition) is 2. The smallest absolute Gasteiger partial charge is 0.341 e. The molecule has 0 aromatic heterocycles. The molecule has 1 saturated heterocycles. The van der Waals surface area contributed by atoms with Gasteiger partial charge in [0, 0.05) is 31.2 Å². The first kappa shape index (κ1) is 28.7. The molecule has 2 fully saturated rings. The topological polar surface area (TPSA) is 81.8 Å². The number of carbonyl (C=O) groups is 3. The third-order valence-electron chi connectivity index (χ3n) is 7.05. The van der Waals surface area contributed by atoms with Gasteiger partial charge in [-0.3, -0.25) is 14.5 Å². The van der Waals surface area contributed by atoms with Crippen LogP contribution in [0, 0.1) is 5.92 Å². The van der Waals surface area contributed by atoms with E-state index in [-0.39, 0.29) is 46.6 Å². The molecule has 4 rings (SSSR count). The van der Waals surface area contributed by atoms with Gasteiger partial charge in [0.05, 0.1) is 16.3 Å². The van der Waals surface area contributed by atoms with Crippen molar-refractivity contribution in [2.24, 2.45) is 5.92 Å². The minimum Gasteiger partial charge on any atom is -0.341 e. The number of anilines is 1. The van der Waals surface area contributed by atoms with E-state index < -0.39 is 23.7 Å². The Labute approximate surface area is 230 Å².